The number of carbonyl (C=O) groups excluding carboxylic acids is 1. The molecule has 1 N–H and O–H groups in total. The Kier molecular flexibility index (Phi) is 6.84. The highest BCUT2D eigenvalue weighted by Crippen LogP contribution is 2.36. The Morgan fingerprint density at radius 1 is 1.18 bits per heavy atom. The topological polar surface area (TPSA) is 63.2 Å². The summed E-state index contributed by atoms with van der Waals surface area (Å²) >= 11 is 23.0. The van der Waals surface area contributed by atoms with Crippen molar-refractivity contribution in [2.75, 3.05) is 0 Å². The minimum atomic E-state index is -4.09. The molecule has 0 aliphatic heterocycles. The van der Waals surface area contributed by atoms with Gasteiger partial charge in [0.15, 0.2) is 5.37 Å². The van der Waals surface area contributed by atoms with Gasteiger partial charge in [-0.3, -0.25) is 4.79 Å². The number of amides is 1. The van der Waals surface area contributed by atoms with Gasteiger partial charge < -0.3 is 5.32 Å². The van der Waals surface area contributed by atoms with Crippen LogP contribution in [-0.4, -0.2) is 23.5 Å². The third-order valence-corrected chi connectivity index (χ3v) is 5.95. The summed E-state index contributed by atoms with van der Waals surface area (Å²) in [6, 6.07) is 5.38. The van der Waals surface area contributed by atoms with E-state index < -0.39 is 24.9 Å². The third-order valence-electron chi connectivity index (χ3n) is 2.64. The van der Waals surface area contributed by atoms with Crippen molar-refractivity contribution in [3.63, 3.8) is 0 Å². The van der Waals surface area contributed by atoms with Crippen molar-refractivity contribution in [3.8, 4) is 0 Å². The van der Waals surface area contributed by atoms with Crippen LogP contribution in [0.25, 0.3) is 0 Å². The van der Waals surface area contributed by atoms with Gasteiger partial charge in [-0.05, 0) is 30.2 Å². The number of halogens is 4. The highest BCUT2D eigenvalue weighted by Gasteiger charge is 2.44. The molecule has 0 heterocycles. The van der Waals surface area contributed by atoms with Gasteiger partial charge in [0, 0.05) is 11.4 Å². The van der Waals surface area contributed by atoms with Crippen molar-refractivity contribution in [2.45, 2.75) is 34.3 Å². The van der Waals surface area contributed by atoms with E-state index in [1.54, 1.807) is 0 Å². The summed E-state index contributed by atoms with van der Waals surface area (Å²) < 4.78 is 23.0. The first-order valence-electron chi connectivity index (χ1n) is 6.30. The van der Waals surface area contributed by atoms with E-state index in [2.05, 4.69) is 5.32 Å². The van der Waals surface area contributed by atoms with Gasteiger partial charge in [-0.15, -0.1) is 0 Å². The quantitative estimate of drug-likeness (QED) is 0.752. The fraction of sp³-hybridized carbons (Fsp3) is 0.462. The Labute approximate surface area is 150 Å². The molecule has 0 unspecified atom stereocenters. The molecule has 124 valence electrons. The Balaban J connectivity index is 3.16. The highest BCUT2D eigenvalue weighted by atomic mass is 35.6. The Morgan fingerprint density at radius 2 is 1.68 bits per heavy atom. The average Bonchev–Trinajstić information content (AvgIpc) is 2.34. The van der Waals surface area contributed by atoms with E-state index in [0.29, 0.717) is 5.02 Å². The molecule has 9 heteroatoms. The number of hydrogen-bond acceptors (Lipinski definition) is 3. The molecule has 0 saturated heterocycles. The van der Waals surface area contributed by atoms with Gasteiger partial charge in [0.1, 0.15) is 0 Å². The summed E-state index contributed by atoms with van der Waals surface area (Å²) in [5.74, 6) is -0.474. The molecular formula is C13H15Cl4NO3S. The van der Waals surface area contributed by atoms with Crippen LogP contribution in [-0.2, 0) is 14.6 Å². The van der Waals surface area contributed by atoms with Crippen LogP contribution in [0, 0.1) is 5.92 Å². The molecule has 0 aromatic heterocycles. The maximum absolute atomic E-state index is 12.6. The molecule has 0 aliphatic carbocycles. The molecule has 0 bridgehead atoms. The molecule has 0 aliphatic rings. The average molecular weight is 407 g/mol. The second-order valence-corrected chi connectivity index (χ2v) is 9.92. The number of sulfone groups is 1. The largest absolute Gasteiger partial charge is 0.336 e. The molecule has 0 fully saturated rings. The Morgan fingerprint density at radius 3 is 2.09 bits per heavy atom. The van der Waals surface area contributed by atoms with E-state index in [-0.39, 0.29) is 17.2 Å². The number of carbonyl (C=O) groups is 1. The van der Waals surface area contributed by atoms with Crippen LogP contribution in [0.2, 0.25) is 5.02 Å². The van der Waals surface area contributed by atoms with E-state index in [1.807, 2.05) is 13.8 Å². The fourth-order valence-corrected chi connectivity index (χ4v) is 4.44. The Hall–Kier alpha value is -0.200. The number of nitrogens with one attached hydrogen (secondary N) is 1. The van der Waals surface area contributed by atoms with E-state index >= 15 is 0 Å². The molecule has 1 aromatic carbocycles. The van der Waals surface area contributed by atoms with Crippen molar-refractivity contribution < 1.29 is 13.2 Å². The van der Waals surface area contributed by atoms with Crippen molar-refractivity contribution in [2.24, 2.45) is 5.92 Å². The maximum atomic E-state index is 12.6. The van der Waals surface area contributed by atoms with Crippen molar-refractivity contribution in [3.05, 3.63) is 29.3 Å². The lowest BCUT2D eigenvalue weighted by Gasteiger charge is -2.25. The molecule has 1 amide bonds. The molecule has 4 nitrogen and oxygen atoms in total. The summed E-state index contributed by atoms with van der Waals surface area (Å²) in [5.41, 5.74) is 0. The van der Waals surface area contributed by atoms with E-state index in [9.17, 15) is 13.2 Å². The fourth-order valence-electron chi connectivity index (χ4n) is 1.67. The zero-order chi connectivity index (χ0) is 17.1. The summed E-state index contributed by atoms with van der Waals surface area (Å²) in [6.07, 6.45) is 0.118. The molecular weight excluding hydrogens is 392 g/mol. The zero-order valence-electron chi connectivity index (χ0n) is 11.8. The van der Waals surface area contributed by atoms with Crippen molar-refractivity contribution in [1.82, 2.24) is 5.32 Å². The van der Waals surface area contributed by atoms with Crippen LogP contribution in [0.5, 0.6) is 0 Å². The third kappa shape index (κ3) is 5.46. The standard InChI is InChI=1S/C13H15Cl4NO3S/c1-8(2)7-11(19)18-12(13(15,16)17)22(20,21)10-5-3-9(14)4-6-10/h3-6,8,12H,7H2,1-2H3,(H,18,19)/t12-/m1/s1. The smallest absolute Gasteiger partial charge is 0.225 e. The molecule has 1 rings (SSSR count). The Bertz CT molecular complexity index is 624. The predicted octanol–water partition coefficient (Wildman–Crippen LogP) is 3.97. The van der Waals surface area contributed by atoms with E-state index in [1.165, 1.54) is 24.3 Å². The van der Waals surface area contributed by atoms with Crippen LogP contribution in [0.3, 0.4) is 0 Å². The molecule has 0 saturated carbocycles. The summed E-state index contributed by atoms with van der Waals surface area (Å²) in [6.45, 7) is 3.63. The molecule has 1 atom stereocenters. The SMILES string of the molecule is CC(C)CC(=O)N[C@@H](C(Cl)(Cl)Cl)S(=O)(=O)c1ccc(Cl)cc1. The van der Waals surface area contributed by atoms with Gasteiger partial charge >= 0.3 is 0 Å². The van der Waals surface area contributed by atoms with Crippen LogP contribution in [0.4, 0.5) is 0 Å². The second-order valence-electron chi connectivity index (χ2n) is 5.09. The van der Waals surface area contributed by atoms with Crippen LogP contribution in [0.15, 0.2) is 29.2 Å². The molecule has 0 radical (unpaired) electrons. The van der Waals surface area contributed by atoms with E-state index in [4.69, 9.17) is 46.4 Å². The predicted molar refractivity (Wildman–Crippen MR) is 90.3 cm³/mol. The van der Waals surface area contributed by atoms with E-state index in [0.717, 1.165) is 0 Å². The van der Waals surface area contributed by atoms with Crippen LogP contribution >= 0.6 is 46.4 Å². The minimum absolute atomic E-state index is 0.0364. The number of alkyl halides is 3. The molecule has 1 aromatic rings. The van der Waals surface area contributed by atoms with Gasteiger partial charge in [-0.1, -0.05) is 60.3 Å². The molecule has 0 spiro atoms. The monoisotopic (exact) mass is 405 g/mol. The van der Waals surface area contributed by atoms with Crippen LogP contribution < -0.4 is 5.32 Å². The summed E-state index contributed by atoms with van der Waals surface area (Å²) in [5, 5.41) is 0.958. The summed E-state index contributed by atoms with van der Waals surface area (Å²) in [7, 11) is -4.09. The lowest BCUT2D eigenvalue weighted by Crippen LogP contribution is -2.49. The molecule has 22 heavy (non-hydrogen) atoms. The van der Waals surface area contributed by atoms with Gasteiger partial charge in [-0.2, -0.15) is 0 Å². The normalized spacial score (nSPS) is 14.0. The first-order valence-corrected chi connectivity index (χ1v) is 9.36. The lowest BCUT2D eigenvalue weighted by molar-refractivity contribution is -0.122. The minimum Gasteiger partial charge on any atom is -0.336 e. The first-order chi connectivity index (χ1) is 9.94. The number of rotatable bonds is 5. The van der Waals surface area contributed by atoms with Gasteiger partial charge in [0.25, 0.3) is 0 Å². The van der Waals surface area contributed by atoms with Gasteiger partial charge in [-0.25, -0.2) is 8.42 Å². The van der Waals surface area contributed by atoms with Crippen LogP contribution in [0.1, 0.15) is 20.3 Å². The van der Waals surface area contributed by atoms with Crippen molar-refractivity contribution >= 4 is 62.1 Å². The van der Waals surface area contributed by atoms with Crippen molar-refractivity contribution in [1.29, 1.82) is 0 Å². The zero-order valence-corrected chi connectivity index (χ0v) is 15.7. The maximum Gasteiger partial charge on any atom is 0.225 e. The highest BCUT2D eigenvalue weighted by molar-refractivity contribution is 7.92. The number of benzene rings is 1. The lowest BCUT2D eigenvalue weighted by atomic mass is 10.1. The first kappa shape index (κ1) is 19.8. The van der Waals surface area contributed by atoms with Gasteiger partial charge in [0.05, 0.1) is 4.90 Å². The number of hydrogen-bond donors (Lipinski definition) is 1. The second kappa shape index (κ2) is 7.58. The van der Waals surface area contributed by atoms with Gasteiger partial charge in [0.2, 0.25) is 19.5 Å². The summed E-state index contributed by atoms with van der Waals surface area (Å²) in [4.78, 5) is 11.8.